The normalized spacial score (nSPS) is 25.2. The van der Waals surface area contributed by atoms with Gasteiger partial charge in [-0.15, -0.1) is 0 Å². The number of rotatable bonds is 18. The first-order chi connectivity index (χ1) is 24.0. The second-order valence-electron chi connectivity index (χ2n) is 15.7. The molecule has 0 aromatic heterocycles. The number of fused-ring (bicyclic) bond motifs is 1. The minimum atomic E-state index is -2.46. The molecule has 2 aliphatic rings. The van der Waals surface area contributed by atoms with Crippen molar-refractivity contribution in [2.24, 2.45) is 35.5 Å². The molecular formula is C37H58O15. The largest absolute Gasteiger partial charge is 0.462 e. The van der Waals surface area contributed by atoms with Gasteiger partial charge in [0, 0.05) is 50.0 Å². The quantitative estimate of drug-likeness (QED) is 0.152. The van der Waals surface area contributed by atoms with Crippen molar-refractivity contribution in [2.45, 2.75) is 138 Å². The summed E-state index contributed by atoms with van der Waals surface area (Å²) in [4.78, 5) is 76.6. The molecule has 1 saturated carbocycles. The molecule has 15 nitrogen and oxygen atoms in total. The van der Waals surface area contributed by atoms with Crippen LogP contribution in [0.15, 0.2) is 11.8 Å². The Morgan fingerprint density at radius 1 is 0.731 bits per heavy atom. The summed E-state index contributed by atoms with van der Waals surface area (Å²) in [5, 5.41) is 24.7. The second-order valence-corrected chi connectivity index (χ2v) is 15.7. The molecule has 0 amide bonds. The molecule has 0 spiro atoms. The average Bonchev–Trinajstić information content (AvgIpc) is 3.21. The SMILES string of the molecule is CC(=O)O[C@@H]1OC=C(COC(=O)[C@H](OC(=O)CC(C)C)C(C)C)[C@@]2(O)C[C@@H](OC(=O)CC(C)C)[C@@](O)(COC(=O)[C@H](OC(=O)CC(C)C)C(C)C)[C@@H]12. The molecule has 1 fully saturated rings. The van der Waals surface area contributed by atoms with Gasteiger partial charge in [-0.2, -0.15) is 0 Å². The zero-order valence-corrected chi connectivity index (χ0v) is 32.3. The lowest BCUT2D eigenvalue weighted by Crippen LogP contribution is -2.60. The Labute approximate surface area is 306 Å². The van der Waals surface area contributed by atoms with Crippen molar-refractivity contribution >= 4 is 35.8 Å². The molecule has 2 N–H and O–H groups in total. The maximum absolute atomic E-state index is 13.4. The molecule has 296 valence electrons. The van der Waals surface area contributed by atoms with Crippen molar-refractivity contribution in [3.8, 4) is 0 Å². The van der Waals surface area contributed by atoms with Gasteiger partial charge in [0.1, 0.15) is 36.4 Å². The highest BCUT2D eigenvalue weighted by molar-refractivity contribution is 5.80. The molecule has 0 radical (unpaired) electrons. The van der Waals surface area contributed by atoms with Gasteiger partial charge in [-0.25, -0.2) is 9.59 Å². The van der Waals surface area contributed by atoms with E-state index in [0.717, 1.165) is 13.2 Å². The van der Waals surface area contributed by atoms with Crippen LogP contribution in [0.4, 0.5) is 0 Å². The summed E-state index contributed by atoms with van der Waals surface area (Å²) in [6, 6.07) is 0. The molecule has 1 aliphatic heterocycles. The third-order valence-electron chi connectivity index (χ3n) is 8.57. The number of aliphatic hydroxyl groups is 2. The standard InChI is InChI=1S/C37H58O15/c1-19(2)12-27(39)50-26-15-36(44)25(16-46-33(42)30(22(7)8)51-28(40)13-20(3)4)17-47-35(49-24(11)38)32(36)37(26,45)18-48-34(43)31(23(9)10)52-29(41)14-21(5)6/h17,19-23,26,30-32,35,44-45H,12-16,18H2,1-11H3/t26-,30-,31-,32+,35+,36+,37+/m1/s1. The third-order valence-corrected chi connectivity index (χ3v) is 8.57. The monoisotopic (exact) mass is 742 g/mol. The maximum Gasteiger partial charge on any atom is 0.348 e. The van der Waals surface area contributed by atoms with E-state index in [1.54, 1.807) is 41.5 Å². The molecule has 1 heterocycles. The van der Waals surface area contributed by atoms with Crippen molar-refractivity contribution in [1.82, 2.24) is 0 Å². The van der Waals surface area contributed by atoms with E-state index >= 15 is 0 Å². The number of hydrogen-bond donors (Lipinski definition) is 2. The van der Waals surface area contributed by atoms with Crippen molar-refractivity contribution < 1.29 is 72.1 Å². The summed E-state index contributed by atoms with van der Waals surface area (Å²) in [6.45, 7) is 16.9. The van der Waals surface area contributed by atoms with E-state index in [-0.39, 0.29) is 42.6 Å². The first-order valence-corrected chi connectivity index (χ1v) is 17.9. The minimum Gasteiger partial charge on any atom is -0.462 e. The first-order valence-electron chi connectivity index (χ1n) is 17.9. The smallest absolute Gasteiger partial charge is 0.348 e. The predicted octanol–water partition coefficient (Wildman–Crippen LogP) is 3.54. The van der Waals surface area contributed by atoms with Gasteiger partial charge in [-0.05, 0) is 17.8 Å². The Kier molecular flexibility index (Phi) is 16.1. The van der Waals surface area contributed by atoms with E-state index in [2.05, 4.69) is 0 Å². The van der Waals surface area contributed by atoms with Crippen molar-refractivity contribution in [1.29, 1.82) is 0 Å². The maximum atomic E-state index is 13.4. The molecule has 52 heavy (non-hydrogen) atoms. The molecule has 0 aromatic rings. The predicted molar refractivity (Wildman–Crippen MR) is 182 cm³/mol. The number of esters is 6. The van der Waals surface area contributed by atoms with Gasteiger partial charge >= 0.3 is 35.8 Å². The van der Waals surface area contributed by atoms with E-state index in [1.165, 1.54) is 0 Å². The average molecular weight is 743 g/mol. The summed E-state index contributed by atoms with van der Waals surface area (Å²) in [5.74, 6) is -7.62. The van der Waals surface area contributed by atoms with Crippen LogP contribution < -0.4 is 0 Å². The second kappa shape index (κ2) is 18.9. The molecule has 0 bridgehead atoms. The first kappa shape index (κ1) is 44.4. The Hall–Kier alpha value is -3.72. The minimum absolute atomic E-state index is 0.0173. The highest BCUT2D eigenvalue weighted by Crippen LogP contribution is 2.53. The van der Waals surface area contributed by atoms with Crippen LogP contribution in [0.1, 0.15) is 102 Å². The molecule has 1 aliphatic carbocycles. The number of hydrogen-bond acceptors (Lipinski definition) is 15. The summed E-state index contributed by atoms with van der Waals surface area (Å²) >= 11 is 0. The van der Waals surface area contributed by atoms with Gasteiger partial charge in [0.2, 0.25) is 12.2 Å². The molecule has 7 atom stereocenters. The summed E-state index contributed by atoms with van der Waals surface area (Å²) in [6.07, 6.45) is -5.34. The van der Waals surface area contributed by atoms with E-state index in [4.69, 9.17) is 33.2 Å². The summed E-state index contributed by atoms with van der Waals surface area (Å²) < 4.78 is 38.6. The zero-order valence-electron chi connectivity index (χ0n) is 32.3. The highest BCUT2D eigenvalue weighted by Gasteiger charge is 2.70. The number of ether oxygens (including phenoxy) is 7. The Morgan fingerprint density at radius 3 is 1.63 bits per heavy atom. The molecule has 2 rings (SSSR count). The van der Waals surface area contributed by atoms with Gasteiger partial charge in [0.05, 0.1) is 6.26 Å². The molecule has 0 unspecified atom stereocenters. The molecular weight excluding hydrogens is 684 g/mol. The summed E-state index contributed by atoms with van der Waals surface area (Å²) in [7, 11) is 0. The fraction of sp³-hybridized carbons (Fsp3) is 0.784. The van der Waals surface area contributed by atoms with Crippen LogP contribution in [0.5, 0.6) is 0 Å². The van der Waals surface area contributed by atoms with Gasteiger partial charge in [-0.1, -0.05) is 69.2 Å². The van der Waals surface area contributed by atoms with E-state index in [1.807, 2.05) is 27.7 Å². The van der Waals surface area contributed by atoms with Crippen LogP contribution in [0.2, 0.25) is 0 Å². The third kappa shape index (κ3) is 11.9. The van der Waals surface area contributed by atoms with Crippen molar-refractivity contribution in [3.63, 3.8) is 0 Å². The van der Waals surface area contributed by atoms with Crippen molar-refractivity contribution in [2.75, 3.05) is 13.2 Å². The van der Waals surface area contributed by atoms with Crippen LogP contribution in [-0.4, -0.2) is 95.0 Å². The number of carbonyl (C=O) groups excluding carboxylic acids is 6. The van der Waals surface area contributed by atoms with Gasteiger partial charge in [0.15, 0.2) is 0 Å². The fourth-order valence-electron chi connectivity index (χ4n) is 6.07. The molecule has 15 heteroatoms. The number of carbonyl (C=O) groups is 6. The van der Waals surface area contributed by atoms with E-state index in [9.17, 15) is 39.0 Å². The Morgan fingerprint density at radius 2 is 1.19 bits per heavy atom. The molecule has 0 aromatic carbocycles. The van der Waals surface area contributed by atoms with Gasteiger partial charge in [-0.3, -0.25) is 19.2 Å². The lowest BCUT2D eigenvalue weighted by Gasteiger charge is -2.43. The zero-order chi connectivity index (χ0) is 39.7. The van der Waals surface area contributed by atoms with Crippen LogP contribution in [0.3, 0.4) is 0 Å². The van der Waals surface area contributed by atoms with Gasteiger partial charge < -0.3 is 43.4 Å². The van der Waals surface area contributed by atoms with Crippen LogP contribution >= 0.6 is 0 Å². The Bertz CT molecular complexity index is 1320. The van der Waals surface area contributed by atoms with Crippen LogP contribution in [0.25, 0.3) is 0 Å². The van der Waals surface area contributed by atoms with Gasteiger partial charge in [0.25, 0.3) is 6.29 Å². The highest BCUT2D eigenvalue weighted by atomic mass is 16.7. The van der Waals surface area contributed by atoms with Crippen molar-refractivity contribution in [3.05, 3.63) is 11.8 Å². The lowest BCUT2D eigenvalue weighted by atomic mass is 9.77. The van der Waals surface area contributed by atoms with E-state index < -0.39 is 109 Å². The molecule has 0 saturated heterocycles. The van der Waals surface area contributed by atoms with E-state index in [0.29, 0.717) is 0 Å². The lowest BCUT2D eigenvalue weighted by molar-refractivity contribution is -0.241. The topological polar surface area (TPSA) is 207 Å². The van der Waals surface area contributed by atoms with Crippen LogP contribution in [0, 0.1) is 35.5 Å². The fourth-order valence-corrected chi connectivity index (χ4v) is 6.07. The Balaban J connectivity index is 2.50. The summed E-state index contributed by atoms with van der Waals surface area (Å²) in [5.41, 5.74) is -4.80. The van der Waals surface area contributed by atoms with Crippen LogP contribution in [-0.2, 0) is 61.9 Å².